The van der Waals surface area contributed by atoms with E-state index in [0.717, 1.165) is 21.9 Å². The van der Waals surface area contributed by atoms with Crippen molar-refractivity contribution in [2.75, 3.05) is 7.11 Å². The first-order chi connectivity index (χ1) is 7.74. The number of hydrogen-bond donors (Lipinski definition) is 0. The third-order valence-electron chi connectivity index (χ3n) is 2.69. The van der Waals surface area contributed by atoms with Gasteiger partial charge < -0.3 is 4.74 Å². The van der Waals surface area contributed by atoms with Crippen molar-refractivity contribution < 1.29 is 9.53 Å². The second kappa shape index (κ2) is 4.45. The monoisotopic (exact) mass is 214 g/mol. The number of fused-ring (bicyclic) bond motifs is 1. The van der Waals surface area contributed by atoms with Crippen LogP contribution in [0, 0.1) is 0 Å². The Morgan fingerprint density at radius 3 is 2.44 bits per heavy atom. The van der Waals surface area contributed by atoms with Gasteiger partial charge in [-0.2, -0.15) is 0 Å². The second-order valence-corrected chi connectivity index (χ2v) is 3.81. The van der Waals surface area contributed by atoms with Gasteiger partial charge >= 0.3 is 0 Å². The van der Waals surface area contributed by atoms with Crippen LogP contribution in [0.4, 0.5) is 0 Å². The third kappa shape index (κ3) is 1.84. The van der Waals surface area contributed by atoms with Crippen LogP contribution in [0.15, 0.2) is 36.4 Å². The van der Waals surface area contributed by atoms with Crippen molar-refractivity contribution in [3.8, 4) is 0 Å². The van der Waals surface area contributed by atoms with Crippen molar-refractivity contribution in [1.29, 1.82) is 0 Å². The Morgan fingerprint density at radius 2 is 1.81 bits per heavy atom. The first kappa shape index (κ1) is 10.8. The van der Waals surface area contributed by atoms with Gasteiger partial charge in [-0.15, -0.1) is 0 Å². The van der Waals surface area contributed by atoms with E-state index in [1.165, 1.54) is 0 Å². The van der Waals surface area contributed by atoms with E-state index >= 15 is 0 Å². The van der Waals surface area contributed by atoms with Crippen molar-refractivity contribution in [1.82, 2.24) is 0 Å². The fourth-order valence-electron chi connectivity index (χ4n) is 1.95. The molecule has 2 aromatic rings. The fourth-order valence-corrected chi connectivity index (χ4v) is 1.95. The van der Waals surface area contributed by atoms with Gasteiger partial charge in [0.2, 0.25) is 0 Å². The molecule has 0 aliphatic carbocycles. The number of Topliss-reactive ketones (excluding diaryl/α,β-unsaturated/α-hetero) is 1. The number of methoxy groups -OCH3 is 1. The van der Waals surface area contributed by atoms with Gasteiger partial charge in [-0.3, -0.25) is 4.79 Å². The molecule has 2 nitrogen and oxygen atoms in total. The van der Waals surface area contributed by atoms with Crippen LogP contribution in [0.3, 0.4) is 0 Å². The first-order valence-electron chi connectivity index (χ1n) is 5.24. The van der Waals surface area contributed by atoms with Crippen LogP contribution in [-0.2, 0) is 11.3 Å². The molecule has 16 heavy (non-hydrogen) atoms. The predicted molar refractivity (Wildman–Crippen MR) is 64.7 cm³/mol. The zero-order valence-electron chi connectivity index (χ0n) is 9.49. The molecule has 0 aliphatic heterocycles. The minimum atomic E-state index is 0.0974. The van der Waals surface area contributed by atoms with Crippen LogP contribution < -0.4 is 0 Å². The maximum Gasteiger partial charge on any atom is 0.160 e. The lowest BCUT2D eigenvalue weighted by atomic mass is 9.98. The van der Waals surface area contributed by atoms with Crippen LogP contribution in [0.2, 0.25) is 0 Å². The summed E-state index contributed by atoms with van der Waals surface area (Å²) in [6.45, 7) is 2.16. The molecule has 0 unspecified atom stereocenters. The van der Waals surface area contributed by atoms with Crippen LogP contribution >= 0.6 is 0 Å². The molecular weight excluding hydrogens is 200 g/mol. The van der Waals surface area contributed by atoms with E-state index in [1.807, 2.05) is 36.4 Å². The van der Waals surface area contributed by atoms with Crippen LogP contribution in [0.25, 0.3) is 10.8 Å². The highest BCUT2D eigenvalue weighted by Gasteiger charge is 2.08. The fraction of sp³-hybridized carbons (Fsp3) is 0.214. The summed E-state index contributed by atoms with van der Waals surface area (Å²) < 4.78 is 5.15. The number of carbonyl (C=O) groups excluding carboxylic acids is 1. The van der Waals surface area contributed by atoms with Gasteiger partial charge in [-0.1, -0.05) is 36.4 Å². The summed E-state index contributed by atoms with van der Waals surface area (Å²) in [7, 11) is 1.67. The number of hydrogen-bond acceptors (Lipinski definition) is 2. The number of rotatable bonds is 3. The highest BCUT2D eigenvalue weighted by atomic mass is 16.5. The molecular formula is C14H14O2. The summed E-state index contributed by atoms with van der Waals surface area (Å²) in [5.41, 5.74) is 1.89. The van der Waals surface area contributed by atoms with E-state index in [0.29, 0.717) is 6.61 Å². The summed E-state index contributed by atoms with van der Waals surface area (Å²) in [5.74, 6) is 0.0974. The van der Waals surface area contributed by atoms with Crippen molar-refractivity contribution in [3.63, 3.8) is 0 Å². The highest BCUT2D eigenvalue weighted by Crippen LogP contribution is 2.23. The molecule has 2 heteroatoms. The molecule has 0 saturated heterocycles. The van der Waals surface area contributed by atoms with Crippen molar-refractivity contribution in [3.05, 3.63) is 47.5 Å². The molecule has 0 bridgehead atoms. The number of benzene rings is 2. The van der Waals surface area contributed by atoms with E-state index in [1.54, 1.807) is 14.0 Å². The van der Waals surface area contributed by atoms with Crippen molar-refractivity contribution in [2.45, 2.75) is 13.5 Å². The Morgan fingerprint density at radius 1 is 1.12 bits per heavy atom. The first-order valence-corrected chi connectivity index (χ1v) is 5.24. The SMILES string of the molecule is COCc1ccc(C(C)=O)c2ccccc12. The molecule has 82 valence electrons. The molecule has 0 aliphatic rings. The molecule has 0 amide bonds. The van der Waals surface area contributed by atoms with E-state index in [-0.39, 0.29) is 5.78 Å². The molecule has 2 aromatic carbocycles. The molecule has 0 spiro atoms. The van der Waals surface area contributed by atoms with E-state index < -0.39 is 0 Å². The van der Waals surface area contributed by atoms with E-state index in [2.05, 4.69) is 0 Å². The van der Waals surface area contributed by atoms with Crippen LogP contribution in [0.1, 0.15) is 22.8 Å². The standard InChI is InChI=1S/C14H14O2/c1-10(15)12-8-7-11(9-16-2)13-5-3-4-6-14(12)13/h3-8H,9H2,1-2H3. The largest absolute Gasteiger partial charge is 0.380 e. The maximum atomic E-state index is 11.5. The Labute approximate surface area is 94.8 Å². The Kier molecular flexibility index (Phi) is 3.02. The van der Waals surface area contributed by atoms with Gasteiger partial charge in [0, 0.05) is 12.7 Å². The molecule has 0 heterocycles. The quantitative estimate of drug-likeness (QED) is 0.733. The van der Waals surface area contributed by atoms with Gasteiger partial charge in [0.05, 0.1) is 6.61 Å². The summed E-state index contributed by atoms with van der Waals surface area (Å²) in [4.78, 5) is 11.5. The van der Waals surface area contributed by atoms with Gasteiger partial charge in [0.1, 0.15) is 0 Å². The maximum absolute atomic E-state index is 11.5. The molecule has 0 atom stereocenters. The molecule has 0 N–H and O–H groups in total. The van der Waals surface area contributed by atoms with Gasteiger partial charge in [-0.25, -0.2) is 0 Å². The Hall–Kier alpha value is -1.67. The molecule has 0 radical (unpaired) electrons. The van der Waals surface area contributed by atoms with Gasteiger partial charge in [-0.05, 0) is 23.3 Å². The average Bonchev–Trinajstić information content (AvgIpc) is 2.29. The topological polar surface area (TPSA) is 26.3 Å². The molecule has 2 rings (SSSR count). The Balaban J connectivity index is 2.71. The summed E-state index contributed by atoms with van der Waals surface area (Å²) in [6.07, 6.45) is 0. The molecule has 0 aromatic heterocycles. The average molecular weight is 214 g/mol. The van der Waals surface area contributed by atoms with Crippen LogP contribution in [0.5, 0.6) is 0 Å². The Bertz CT molecular complexity index is 529. The smallest absolute Gasteiger partial charge is 0.160 e. The summed E-state index contributed by atoms with van der Waals surface area (Å²) >= 11 is 0. The lowest BCUT2D eigenvalue weighted by Gasteiger charge is -2.08. The minimum Gasteiger partial charge on any atom is -0.380 e. The number of ether oxygens (including phenoxy) is 1. The molecule has 0 saturated carbocycles. The lowest BCUT2D eigenvalue weighted by Crippen LogP contribution is -1.97. The molecule has 0 fully saturated rings. The number of carbonyl (C=O) groups is 1. The van der Waals surface area contributed by atoms with Crippen LogP contribution in [-0.4, -0.2) is 12.9 Å². The van der Waals surface area contributed by atoms with Crippen molar-refractivity contribution >= 4 is 16.6 Å². The third-order valence-corrected chi connectivity index (χ3v) is 2.69. The summed E-state index contributed by atoms with van der Waals surface area (Å²) in [5, 5.41) is 2.10. The number of ketones is 1. The predicted octanol–water partition coefficient (Wildman–Crippen LogP) is 3.19. The highest BCUT2D eigenvalue weighted by molar-refractivity contribution is 6.07. The lowest BCUT2D eigenvalue weighted by molar-refractivity contribution is 0.101. The van der Waals surface area contributed by atoms with Crippen molar-refractivity contribution in [2.24, 2.45) is 0 Å². The normalized spacial score (nSPS) is 10.6. The minimum absolute atomic E-state index is 0.0974. The van der Waals surface area contributed by atoms with Gasteiger partial charge in [0.15, 0.2) is 5.78 Å². The zero-order valence-corrected chi connectivity index (χ0v) is 9.49. The van der Waals surface area contributed by atoms with E-state index in [4.69, 9.17) is 4.74 Å². The van der Waals surface area contributed by atoms with E-state index in [9.17, 15) is 4.79 Å². The summed E-state index contributed by atoms with van der Waals surface area (Å²) in [6, 6.07) is 11.8. The second-order valence-electron chi connectivity index (χ2n) is 3.81. The van der Waals surface area contributed by atoms with Gasteiger partial charge in [0.25, 0.3) is 0 Å². The zero-order chi connectivity index (χ0) is 11.5.